The van der Waals surface area contributed by atoms with E-state index in [0.717, 1.165) is 18.7 Å². The highest BCUT2D eigenvalue weighted by Crippen LogP contribution is 2.25. The van der Waals surface area contributed by atoms with E-state index in [-0.39, 0.29) is 28.1 Å². The lowest BCUT2D eigenvalue weighted by molar-refractivity contribution is 0.219. The number of hydrogen-bond acceptors (Lipinski definition) is 5. The predicted molar refractivity (Wildman–Crippen MR) is 110 cm³/mol. The van der Waals surface area contributed by atoms with Crippen LogP contribution in [0.15, 0.2) is 47.4 Å². The summed E-state index contributed by atoms with van der Waals surface area (Å²) in [6.07, 6.45) is 0. The van der Waals surface area contributed by atoms with Crippen molar-refractivity contribution in [3.63, 3.8) is 0 Å². The Morgan fingerprint density at radius 2 is 1.93 bits per heavy atom. The molecule has 1 unspecified atom stereocenters. The van der Waals surface area contributed by atoms with E-state index in [2.05, 4.69) is 9.62 Å². The first-order chi connectivity index (χ1) is 13.4. The summed E-state index contributed by atoms with van der Waals surface area (Å²) in [7, 11) is -2.20. The molecule has 6 nitrogen and oxygen atoms in total. The van der Waals surface area contributed by atoms with Crippen LogP contribution in [0.4, 0.5) is 0 Å². The predicted octanol–water partition coefficient (Wildman–Crippen LogP) is 3.58. The molecule has 2 aromatic rings. The summed E-state index contributed by atoms with van der Waals surface area (Å²) < 4.78 is 33.5. The quantitative estimate of drug-likeness (QED) is 0.669. The van der Waals surface area contributed by atoms with Gasteiger partial charge in [0.05, 0.1) is 22.6 Å². The number of nitrogens with one attached hydrogen (secondary N) is 1. The van der Waals surface area contributed by atoms with Crippen molar-refractivity contribution in [2.75, 3.05) is 26.7 Å². The smallest absolute Gasteiger partial charge is 0.240 e. The maximum atomic E-state index is 12.8. The Bertz CT molecular complexity index is 953. The van der Waals surface area contributed by atoms with Crippen molar-refractivity contribution in [2.24, 2.45) is 0 Å². The fourth-order valence-electron chi connectivity index (χ4n) is 3.00. The number of hydrogen-bond donors (Lipinski definition) is 1. The Balaban J connectivity index is 2.30. The Kier molecular flexibility index (Phi) is 7.84. The molecule has 0 saturated carbocycles. The van der Waals surface area contributed by atoms with Gasteiger partial charge in [-0.2, -0.15) is 5.26 Å². The number of sulfonamides is 1. The molecule has 2 aromatic carbocycles. The number of ether oxygens (including phenoxy) is 1. The van der Waals surface area contributed by atoms with Crippen molar-refractivity contribution in [3.05, 3.63) is 58.6 Å². The molecule has 1 N–H and O–H groups in total. The monoisotopic (exact) mass is 421 g/mol. The van der Waals surface area contributed by atoms with E-state index in [1.165, 1.54) is 18.2 Å². The first-order valence-electron chi connectivity index (χ1n) is 8.93. The molecule has 0 aliphatic carbocycles. The van der Waals surface area contributed by atoms with Crippen LogP contribution in [0.5, 0.6) is 5.75 Å². The van der Waals surface area contributed by atoms with Gasteiger partial charge in [-0.3, -0.25) is 4.90 Å². The lowest BCUT2D eigenvalue weighted by Crippen LogP contribution is -2.38. The van der Waals surface area contributed by atoms with Gasteiger partial charge in [0.25, 0.3) is 0 Å². The van der Waals surface area contributed by atoms with Crippen molar-refractivity contribution in [1.29, 1.82) is 5.26 Å². The van der Waals surface area contributed by atoms with Gasteiger partial charge in [0.1, 0.15) is 11.8 Å². The summed E-state index contributed by atoms with van der Waals surface area (Å²) in [5, 5.41) is 9.31. The summed E-state index contributed by atoms with van der Waals surface area (Å²) in [4.78, 5) is 2.18. The number of nitrogens with zero attached hydrogens (tertiary/aromatic N) is 2. The molecule has 1 atom stereocenters. The van der Waals surface area contributed by atoms with Gasteiger partial charge < -0.3 is 4.74 Å². The van der Waals surface area contributed by atoms with E-state index in [1.807, 2.05) is 44.2 Å². The summed E-state index contributed by atoms with van der Waals surface area (Å²) >= 11 is 5.91. The van der Waals surface area contributed by atoms with Crippen LogP contribution in [0, 0.1) is 11.3 Å². The molecule has 0 bridgehead atoms. The van der Waals surface area contributed by atoms with Gasteiger partial charge in [-0.1, -0.05) is 37.6 Å². The second-order valence-electron chi connectivity index (χ2n) is 6.12. The fourth-order valence-corrected chi connectivity index (χ4v) is 4.22. The average molecular weight is 422 g/mol. The molecule has 0 saturated heterocycles. The molecule has 0 fully saturated rings. The molecule has 0 amide bonds. The molecule has 2 rings (SSSR count). The summed E-state index contributed by atoms with van der Waals surface area (Å²) in [5.74, 6) is 0.717. The van der Waals surface area contributed by atoms with Crippen molar-refractivity contribution in [1.82, 2.24) is 9.62 Å². The third kappa shape index (κ3) is 5.24. The molecule has 0 aromatic heterocycles. The minimum Gasteiger partial charge on any atom is -0.497 e. The Morgan fingerprint density at radius 3 is 2.54 bits per heavy atom. The Labute approximate surface area is 171 Å². The first kappa shape index (κ1) is 22.2. The summed E-state index contributed by atoms with van der Waals surface area (Å²) in [6, 6.07) is 13.4. The van der Waals surface area contributed by atoms with Crippen LogP contribution in [0.3, 0.4) is 0 Å². The third-order valence-corrected chi connectivity index (χ3v) is 6.32. The molecule has 150 valence electrons. The molecular formula is C20H24ClN3O3S. The van der Waals surface area contributed by atoms with Crippen LogP contribution in [0.1, 0.15) is 31.0 Å². The Hall–Kier alpha value is -2.11. The van der Waals surface area contributed by atoms with Crippen LogP contribution in [-0.2, 0) is 10.0 Å². The Morgan fingerprint density at radius 1 is 1.21 bits per heavy atom. The van der Waals surface area contributed by atoms with Gasteiger partial charge in [0.15, 0.2) is 0 Å². The van der Waals surface area contributed by atoms with Crippen LogP contribution in [-0.4, -0.2) is 40.1 Å². The minimum atomic E-state index is -3.80. The van der Waals surface area contributed by atoms with E-state index in [9.17, 15) is 8.42 Å². The number of likely N-dealkylation sites (N-methyl/N-ethyl adjacent to an activating group) is 1. The number of methoxy groups -OCH3 is 1. The maximum absolute atomic E-state index is 12.8. The molecule has 0 radical (unpaired) electrons. The molecule has 0 aliphatic rings. The standard InChI is InChI=1S/C20H24ClN3O3S/c1-4-24(5-2)20(15-7-6-8-17(11-15)27-3)14-23-28(25,26)18-9-10-19(21)16(12-18)13-22/h6-12,20,23H,4-5,14H2,1-3H3. The molecule has 28 heavy (non-hydrogen) atoms. The summed E-state index contributed by atoms with van der Waals surface area (Å²) in [5.41, 5.74) is 1.08. The largest absolute Gasteiger partial charge is 0.497 e. The van der Waals surface area contributed by atoms with Crippen LogP contribution < -0.4 is 9.46 Å². The zero-order valence-corrected chi connectivity index (χ0v) is 17.7. The molecule has 0 aliphatic heterocycles. The van der Waals surface area contributed by atoms with Crippen LogP contribution in [0.2, 0.25) is 5.02 Å². The third-order valence-electron chi connectivity index (χ3n) is 4.57. The van der Waals surface area contributed by atoms with Crippen LogP contribution in [0.25, 0.3) is 0 Å². The van der Waals surface area contributed by atoms with Crippen molar-refractivity contribution < 1.29 is 13.2 Å². The fraction of sp³-hybridized carbons (Fsp3) is 0.350. The number of nitriles is 1. The lowest BCUT2D eigenvalue weighted by atomic mass is 10.0. The van der Waals surface area contributed by atoms with Gasteiger partial charge in [-0.25, -0.2) is 13.1 Å². The maximum Gasteiger partial charge on any atom is 0.240 e. The molecule has 0 spiro atoms. The van der Waals surface area contributed by atoms with Gasteiger partial charge in [0, 0.05) is 12.6 Å². The number of rotatable bonds is 9. The zero-order valence-electron chi connectivity index (χ0n) is 16.1. The van der Waals surface area contributed by atoms with Crippen molar-refractivity contribution in [2.45, 2.75) is 24.8 Å². The normalized spacial score (nSPS) is 12.6. The van der Waals surface area contributed by atoms with E-state index in [1.54, 1.807) is 7.11 Å². The minimum absolute atomic E-state index is 0.0115. The molecule has 0 heterocycles. The second-order valence-corrected chi connectivity index (χ2v) is 8.29. The first-order valence-corrected chi connectivity index (χ1v) is 10.8. The van der Waals surface area contributed by atoms with Crippen LogP contribution >= 0.6 is 11.6 Å². The summed E-state index contributed by atoms with van der Waals surface area (Å²) in [6.45, 7) is 5.77. The second kappa shape index (κ2) is 9.89. The van der Waals surface area contributed by atoms with Gasteiger partial charge in [-0.15, -0.1) is 0 Å². The zero-order chi connectivity index (χ0) is 20.7. The van der Waals surface area contributed by atoms with Gasteiger partial charge >= 0.3 is 0 Å². The van der Waals surface area contributed by atoms with Gasteiger partial charge in [-0.05, 0) is 49.0 Å². The highest BCUT2D eigenvalue weighted by molar-refractivity contribution is 7.89. The highest BCUT2D eigenvalue weighted by atomic mass is 35.5. The SMILES string of the molecule is CCN(CC)C(CNS(=O)(=O)c1ccc(Cl)c(C#N)c1)c1cccc(OC)c1. The van der Waals surface area contributed by atoms with Gasteiger partial charge in [0.2, 0.25) is 10.0 Å². The van der Waals surface area contributed by atoms with Crippen molar-refractivity contribution in [3.8, 4) is 11.8 Å². The van der Waals surface area contributed by atoms with E-state index < -0.39 is 10.0 Å². The molecule has 8 heteroatoms. The van der Waals surface area contributed by atoms with E-state index in [0.29, 0.717) is 5.75 Å². The average Bonchev–Trinajstić information content (AvgIpc) is 2.71. The lowest BCUT2D eigenvalue weighted by Gasteiger charge is -2.30. The van der Waals surface area contributed by atoms with Crippen molar-refractivity contribution >= 4 is 21.6 Å². The molecular weight excluding hydrogens is 398 g/mol. The highest BCUT2D eigenvalue weighted by Gasteiger charge is 2.23. The van der Waals surface area contributed by atoms with E-state index in [4.69, 9.17) is 21.6 Å². The van der Waals surface area contributed by atoms with E-state index >= 15 is 0 Å². The topological polar surface area (TPSA) is 82.4 Å². The number of halogens is 1. The number of benzene rings is 2.